The molecule has 0 saturated carbocycles. The van der Waals surface area contributed by atoms with Crippen LogP contribution < -0.4 is 14.8 Å². The van der Waals surface area contributed by atoms with E-state index in [0.717, 1.165) is 5.56 Å². The van der Waals surface area contributed by atoms with Crippen molar-refractivity contribution in [1.82, 2.24) is 5.32 Å². The lowest BCUT2D eigenvalue weighted by Crippen LogP contribution is -2.31. The Hall–Kier alpha value is -2.29. The van der Waals surface area contributed by atoms with Gasteiger partial charge in [-0.05, 0) is 38.0 Å². The van der Waals surface area contributed by atoms with Crippen LogP contribution in [0.5, 0.6) is 11.5 Å². The van der Waals surface area contributed by atoms with Crippen LogP contribution in [0, 0.1) is 11.3 Å². The molecule has 0 aromatic heterocycles. The van der Waals surface area contributed by atoms with E-state index in [9.17, 15) is 9.18 Å². The van der Waals surface area contributed by atoms with Crippen LogP contribution in [0.2, 0.25) is 0 Å². The van der Waals surface area contributed by atoms with Crippen molar-refractivity contribution in [2.75, 3.05) is 13.5 Å². The third-order valence-corrected chi connectivity index (χ3v) is 2.73. The minimum Gasteiger partial charge on any atom is -0.490 e. The Morgan fingerprint density at radius 1 is 1.43 bits per heavy atom. The van der Waals surface area contributed by atoms with E-state index in [1.165, 1.54) is 0 Å². The summed E-state index contributed by atoms with van der Waals surface area (Å²) in [5.74, 6) is 0.593. The fourth-order valence-electron chi connectivity index (χ4n) is 1.76. The van der Waals surface area contributed by atoms with Gasteiger partial charge in [-0.1, -0.05) is 6.07 Å². The Balaban J connectivity index is 2.65. The molecule has 0 aliphatic rings. The van der Waals surface area contributed by atoms with Crippen molar-refractivity contribution in [1.29, 1.82) is 5.26 Å². The summed E-state index contributed by atoms with van der Waals surface area (Å²) >= 11 is 0. The van der Waals surface area contributed by atoms with Crippen LogP contribution in [0.1, 0.15) is 25.8 Å². The van der Waals surface area contributed by atoms with E-state index in [-0.39, 0.29) is 12.3 Å². The first-order chi connectivity index (χ1) is 10.1. The fraction of sp³-hybridized carbons (Fsp3) is 0.467. The molecule has 1 N–H and O–H groups in total. The average molecular weight is 294 g/mol. The van der Waals surface area contributed by atoms with Gasteiger partial charge in [-0.2, -0.15) is 5.26 Å². The van der Waals surface area contributed by atoms with Gasteiger partial charge in [0.05, 0.1) is 12.7 Å². The van der Waals surface area contributed by atoms with Gasteiger partial charge in [-0.15, -0.1) is 0 Å². The molecule has 6 heteroatoms. The topological polar surface area (TPSA) is 71.3 Å². The standard InChI is InChI=1S/C15H19FN2O3/c1-3-20-13-6-4-12(8-14(13)21-10-16)5-7-15(19)18-11(2)9-17/h4,6,8,11H,3,5,7,10H2,1-2H3,(H,18,19). The van der Waals surface area contributed by atoms with Gasteiger partial charge >= 0.3 is 0 Å². The first-order valence-corrected chi connectivity index (χ1v) is 6.74. The molecule has 0 saturated heterocycles. The molecular formula is C15H19FN2O3. The van der Waals surface area contributed by atoms with Crippen LogP contribution >= 0.6 is 0 Å². The maximum Gasteiger partial charge on any atom is 0.228 e. The van der Waals surface area contributed by atoms with Crippen molar-refractivity contribution in [3.8, 4) is 17.6 Å². The normalized spacial score (nSPS) is 11.3. The molecule has 1 atom stereocenters. The lowest BCUT2D eigenvalue weighted by atomic mass is 10.1. The second-order valence-corrected chi connectivity index (χ2v) is 4.39. The van der Waals surface area contributed by atoms with Crippen LogP contribution in [0.4, 0.5) is 4.39 Å². The van der Waals surface area contributed by atoms with Crippen LogP contribution in [-0.2, 0) is 11.2 Å². The summed E-state index contributed by atoms with van der Waals surface area (Å²) in [7, 11) is 0. The number of nitrogens with zero attached hydrogens (tertiary/aromatic N) is 1. The molecule has 0 fully saturated rings. The van der Waals surface area contributed by atoms with E-state index in [1.807, 2.05) is 13.0 Å². The summed E-state index contributed by atoms with van der Waals surface area (Å²) in [5.41, 5.74) is 0.835. The van der Waals surface area contributed by atoms with E-state index in [2.05, 4.69) is 5.32 Å². The monoisotopic (exact) mass is 294 g/mol. The second kappa shape index (κ2) is 8.80. The highest BCUT2D eigenvalue weighted by atomic mass is 19.1. The molecule has 1 aromatic carbocycles. The summed E-state index contributed by atoms with van der Waals surface area (Å²) in [5, 5.41) is 11.2. The molecule has 0 radical (unpaired) electrons. The molecule has 0 spiro atoms. The quantitative estimate of drug-likeness (QED) is 0.799. The highest BCUT2D eigenvalue weighted by molar-refractivity contribution is 5.76. The van der Waals surface area contributed by atoms with Crippen LogP contribution in [0.25, 0.3) is 0 Å². The molecule has 114 valence electrons. The predicted octanol–water partition coefficient (Wildman–Crippen LogP) is 2.35. The Morgan fingerprint density at radius 2 is 2.19 bits per heavy atom. The number of rotatable bonds is 8. The Kier molecular flexibility index (Phi) is 7.02. The number of amides is 1. The molecule has 0 aliphatic carbocycles. The van der Waals surface area contributed by atoms with Crippen molar-refractivity contribution in [3.63, 3.8) is 0 Å². The number of carbonyl (C=O) groups is 1. The summed E-state index contributed by atoms with van der Waals surface area (Å²) < 4.78 is 22.6. The zero-order valence-corrected chi connectivity index (χ0v) is 12.2. The zero-order valence-electron chi connectivity index (χ0n) is 12.2. The number of hydrogen-bond acceptors (Lipinski definition) is 4. The van der Waals surface area contributed by atoms with E-state index < -0.39 is 12.9 Å². The number of aryl methyl sites for hydroxylation is 1. The molecule has 5 nitrogen and oxygen atoms in total. The van der Waals surface area contributed by atoms with Gasteiger partial charge in [0.15, 0.2) is 11.5 Å². The van der Waals surface area contributed by atoms with Gasteiger partial charge in [0.2, 0.25) is 12.8 Å². The summed E-state index contributed by atoms with van der Waals surface area (Å²) in [6, 6.07) is 6.58. The Labute approximate surface area is 123 Å². The van der Waals surface area contributed by atoms with Crippen LogP contribution in [0.3, 0.4) is 0 Å². The third kappa shape index (κ3) is 5.69. The first kappa shape index (κ1) is 16.8. The number of hydrogen-bond donors (Lipinski definition) is 1. The zero-order chi connectivity index (χ0) is 15.7. The maximum atomic E-state index is 12.4. The predicted molar refractivity (Wildman–Crippen MR) is 75.8 cm³/mol. The minimum absolute atomic E-state index is 0.203. The molecule has 21 heavy (non-hydrogen) atoms. The van der Waals surface area contributed by atoms with Crippen molar-refractivity contribution in [2.24, 2.45) is 0 Å². The summed E-state index contributed by atoms with van der Waals surface area (Å²) in [4.78, 5) is 11.6. The van der Waals surface area contributed by atoms with Gasteiger partial charge in [0.1, 0.15) is 6.04 Å². The minimum atomic E-state index is -0.941. The summed E-state index contributed by atoms with van der Waals surface area (Å²) in [6.07, 6.45) is 0.716. The van der Waals surface area contributed by atoms with Gasteiger partial charge < -0.3 is 14.8 Å². The van der Waals surface area contributed by atoms with Crippen LogP contribution in [0.15, 0.2) is 18.2 Å². The number of alkyl halides is 1. The molecule has 0 bridgehead atoms. The largest absolute Gasteiger partial charge is 0.490 e. The second-order valence-electron chi connectivity index (χ2n) is 4.39. The molecule has 1 aromatic rings. The van der Waals surface area contributed by atoms with Gasteiger partial charge in [0, 0.05) is 6.42 Å². The lowest BCUT2D eigenvalue weighted by molar-refractivity contribution is -0.121. The van der Waals surface area contributed by atoms with Crippen LogP contribution in [-0.4, -0.2) is 25.4 Å². The van der Waals surface area contributed by atoms with Gasteiger partial charge in [-0.25, -0.2) is 4.39 Å². The van der Waals surface area contributed by atoms with Crippen molar-refractivity contribution in [2.45, 2.75) is 32.7 Å². The Morgan fingerprint density at radius 3 is 2.81 bits per heavy atom. The van der Waals surface area contributed by atoms with E-state index in [1.54, 1.807) is 25.1 Å². The number of nitrogens with one attached hydrogen (secondary N) is 1. The van der Waals surface area contributed by atoms with E-state index in [4.69, 9.17) is 14.7 Å². The average Bonchev–Trinajstić information content (AvgIpc) is 2.47. The van der Waals surface area contributed by atoms with E-state index >= 15 is 0 Å². The highest BCUT2D eigenvalue weighted by Crippen LogP contribution is 2.29. The van der Waals surface area contributed by atoms with Gasteiger partial charge in [0.25, 0.3) is 0 Å². The molecule has 1 amide bonds. The molecule has 1 rings (SSSR count). The third-order valence-electron chi connectivity index (χ3n) is 2.73. The van der Waals surface area contributed by atoms with Crippen molar-refractivity contribution in [3.05, 3.63) is 23.8 Å². The first-order valence-electron chi connectivity index (χ1n) is 6.74. The number of ether oxygens (including phenoxy) is 2. The SMILES string of the molecule is CCOc1ccc(CCC(=O)NC(C)C#N)cc1OCF. The van der Waals surface area contributed by atoms with E-state index in [0.29, 0.717) is 24.5 Å². The number of nitriles is 1. The molecular weight excluding hydrogens is 275 g/mol. The van der Waals surface area contributed by atoms with Crippen molar-refractivity contribution >= 4 is 5.91 Å². The molecule has 0 aliphatic heterocycles. The number of benzene rings is 1. The summed E-state index contributed by atoms with van der Waals surface area (Å²) in [6.45, 7) is 2.95. The highest BCUT2D eigenvalue weighted by Gasteiger charge is 2.09. The lowest BCUT2D eigenvalue weighted by Gasteiger charge is -2.12. The maximum absolute atomic E-state index is 12.4. The number of halogens is 1. The number of carbonyl (C=O) groups excluding carboxylic acids is 1. The van der Waals surface area contributed by atoms with Crippen molar-refractivity contribution < 1.29 is 18.7 Å². The van der Waals surface area contributed by atoms with Gasteiger partial charge in [-0.3, -0.25) is 4.79 Å². The fourth-order valence-corrected chi connectivity index (χ4v) is 1.76. The molecule has 0 heterocycles. The Bertz CT molecular complexity index is 514. The molecule has 1 unspecified atom stereocenters. The smallest absolute Gasteiger partial charge is 0.228 e.